The number of halogens is 3. The highest BCUT2D eigenvalue weighted by atomic mass is 35.5. The Morgan fingerprint density at radius 2 is 2.00 bits per heavy atom. The monoisotopic (exact) mass is 328 g/mol. The number of rotatable bonds is 4. The van der Waals surface area contributed by atoms with Crippen LogP contribution in [0.4, 0.5) is 4.39 Å². The van der Waals surface area contributed by atoms with Crippen molar-refractivity contribution in [3.63, 3.8) is 0 Å². The van der Waals surface area contributed by atoms with E-state index in [1.54, 1.807) is 18.2 Å². The maximum absolute atomic E-state index is 13.0. The first kappa shape index (κ1) is 15.4. The zero-order chi connectivity index (χ0) is 15.4. The maximum atomic E-state index is 13.0. The van der Waals surface area contributed by atoms with Crippen LogP contribution in [0.25, 0.3) is 0 Å². The summed E-state index contributed by atoms with van der Waals surface area (Å²) in [4.78, 5) is 0. The molecule has 7 heteroatoms. The molecule has 0 amide bonds. The first-order valence-corrected chi connectivity index (χ1v) is 6.61. The van der Waals surface area contributed by atoms with Gasteiger partial charge in [-0.15, -0.1) is 0 Å². The van der Waals surface area contributed by atoms with Gasteiger partial charge in [0.2, 0.25) is 0 Å². The number of amidine groups is 1. The predicted octanol–water partition coefficient (Wildman–Crippen LogP) is 3.81. The highest BCUT2D eigenvalue weighted by Crippen LogP contribution is 2.28. The second-order valence-electron chi connectivity index (χ2n) is 4.12. The molecule has 0 aromatic heterocycles. The van der Waals surface area contributed by atoms with Crippen LogP contribution < -0.4 is 10.5 Å². The molecule has 4 nitrogen and oxygen atoms in total. The lowest BCUT2D eigenvalue weighted by atomic mass is 10.2. The summed E-state index contributed by atoms with van der Waals surface area (Å²) in [6, 6.07) is 8.88. The Kier molecular flexibility index (Phi) is 4.88. The fourth-order valence-electron chi connectivity index (χ4n) is 1.72. The van der Waals surface area contributed by atoms with Gasteiger partial charge in [-0.05, 0) is 24.3 Å². The summed E-state index contributed by atoms with van der Waals surface area (Å²) in [5.74, 6) is -0.261. The average Bonchev–Trinajstić information content (AvgIpc) is 2.45. The Labute approximate surface area is 130 Å². The number of nitrogens with zero attached hydrogens (tertiary/aromatic N) is 1. The molecule has 0 bridgehead atoms. The quantitative estimate of drug-likeness (QED) is 0.388. The van der Waals surface area contributed by atoms with E-state index in [9.17, 15) is 4.39 Å². The molecule has 0 atom stereocenters. The number of hydrogen-bond acceptors (Lipinski definition) is 3. The molecule has 0 aliphatic heterocycles. The van der Waals surface area contributed by atoms with Gasteiger partial charge < -0.3 is 15.7 Å². The Morgan fingerprint density at radius 1 is 1.24 bits per heavy atom. The van der Waals surface area contributed by atoms with Crippen molar-refractivity contribution in [3.8, 4) is 5.75 Å². The van der Waals surface area contributed by atoms with Gasteiger partial charge >= 0.3 is 0 Å². The Bertz CT molecular complexity index is 693. The smallest absolute Gasteiger partial charge is 0.175 e. The average molecular weight is 329 g/mol. The van der Waals surface area contributed by atoms with E-state index < -0.39 is 5.82 Å². The van der Waals surface area contributed by atoms with Crippen molar-refractivity contribution in [3.05, 3.63) is 63.4 Å². The topological polar surface area (TPSA) is 67.8 Å². The third-order valence-corrected chi connectivity index (χ3v) is 3.40. The maximum Gasteiger partial charge on any atom is 0.175 e. The minimum atomic E-state index is -0.427. The molecule has 21 heavy (non-hydrogen) atoms. The van der Waals surface area contributed by atoms with Crippen molar-refractivity contribution in [2.24, 2.45) is 10.9 Å². The fourth-order valence-corrected chi connectivity index (χ4v) is 2.20. The van der Waals surface area contributed by atoms with Crippen molar-refractivity contribution < 1.29 is 14.3 Å². The number of nitrogens with two attached hydrogens (primary N) is 1. The molecule has 3 N–H and O–H groups in total. The number of oxime groups is 1. The number of ether oxygens (including phenoxy) is 1. The van der Waals surface area contributed by atoms with Crippen molar-refractivity contribution in [1.82, 2.24) is 0 Å². The lowest BCUT2D eigenvalue weighted by Gasteiger charge is -2.12. The molecule has 0 aliphatic rings. The van der Waals surface area contributed by atoms with Gasteiger partial charge in [0.1, 0.15) is 18.2 Å². The second kappa shape index (κ2) is 6.65. The van der Waals surface area contributed by atoms with Crippen molar-refractivity contribution >= 4 is 29.0 Å². The largest absolute Gasteiger partial charge is 0.488 e. The molecule has 0 fully saturated rings. The van der Waals surface area contributed by atoms with Crippen LogP contribution in [0.15, 0.2) is 41.6 Å². The molecule has 0 spiro atoms. The summed E-state index contributed by atoms with van der Waals surface area (Å²) >= 11 is 11.9. The predicted molar refractivity (Wildman–Crippen MR) is 79.7 cm³/mol. The minimum absolute atomic E-state index is 0.0885. The van der Waals surface area contributed by atoms with Crippen LogP contribution in [0.2, 0.25) is 10.0 Å². The molecule has 0 heterocycles. The molecule has 0 radical (unpaired) electrons. The molecule has 2 aromatic rings. The number of benzene rings is 2. The zero-order valence-electron chi connectivity index (χ0n) is 10.7. The highest BCUT2D eigenvalue weighted by molar-refractivity contribution is 6.34. The second-order valence-corrected chi connectivity index (χ2v) is 4.94. The molecular weight excluding hydrogens is 318 g/mol. The van der Waals surface area contributed by atoms with Gasteiger partial charge in [0, 0.05) is 5.56 Å². The molecular formula is C14H11Cl2FN2O2. The Hall–Kier alpha value is -1.98. The lowest BCUT2D eigenvalue weighted by molar-refractivity contribution is 0.303. The van der Waals surface area contributed by atoms with E-state index in [2.05, 4.69) is 5.16 Å². The third-order valence-electron chi connectivity index (χ3n) is 2.74. The standard InChI is InChI=1S/C14H11Cl2FN2O2/c15-10-2-1-3-12(13(10)14(18)19-20)21-7-8-4-5-9(17)6-11(8)16/h1-6,20H,7H2,(H2,18,19). The van der Waals surface area contributed by atoms with Gasteiger partial charge in [0.25, 0.3) is 0 Å². The van der Waals surface area contributed by atoms with Crippen molar-refractivity contribution in [2.45, 2.75) is 6.61 Å². The van der Waals surface area contributed by atoms with E-state index in [0.717, 1.165) is 0 Å². The fraction of sp³-hybridized carbons (Fsp3) is 0.0714. The van der Waals surface area contributed by atoms with E-state index in [4.69, 9.17) is 38.9 Å². The molecule has 110 valence electrons. The zero-order valence-corrected chi connectivity index (χ0v) is 12.2. The summed E-state index contributed by atoms with van der Waals surface area (Å²) in [5, 5.41) is 12.2. The minimum Gasteiger partial charge on any atom is -0.488 e. The van der Waals surface area contributed by atoms with Crippen LogP contribution in [0.5, 0.6) is 5.75 Å². The molecule has 0 aliphatic carbocycles. The van der Waals surface area contributed by atoms with Crippen LogP contribution in [-0.2, 0) is 6.61 Å². The van der Waals surface area contributed by atoms with Crippen LogP contribution in [0.1, 0.15) is 11.1 Å². The van der Waals surface area contributed by atoms with Crippen LogP contribution in [0.3, 0.4) is 0 Å². The molecule has 0 saturated heterocycles. The van der Waals surface area contributed by atoms with Gasteiger partial charge in [-0.2, -0.15) is 0 Å². The summed E-state index contributed by atoms with van der Waals surface area (Å²) in [5.41, 5.74) is 6.45. The summed E-state index contributed by atoms with van der Waals surface area (Å²) in [7, 11) is 0. The highest BCUT2D eigenvalue weighted by Gasteiger charge is 2.13. The summed E-state index contributed by atoms with van der Waals surface area (Å²) in [6.07, 6.45) is 0. The Morgan fingerprint density at radius 3 is 2.67 bits per heavy atom. The van der Waals surface area contributed by atoms with E-state index >= 15 is 0 Å². The summed E-state index contributed by atoms with van der Waals surface area (Å²) < 4.78 is 18.6. The van der Waals surface area contributed by atoms with E-state index in [0.29, 0.717) is 11.3 Å². The van der Waals surface area contributed by atoms with Gasteiger partial charge in [-0.3, -0.25) is 0 Å². The Balaban J connectivity index is 2.26. The van der Waals surface area contributed by atoms with E-state index in [1.807, 2.05) is 0 Å². The molecule has 2 aromatic carbocycles. The number of hydrogen-bond donors (Lipinski definition) is 2. The van der Waals surface area contributed by atoms with Crippen molar-refractivity contribution in [2.75, 3.05) is 0 Å². The molecule has 0 saturated carbocycles. The van der Waals surface area contributed by atoms with Gasteiger partial charge in [-0.1, -0.05) is 40.5 Å². The van der Waals surface area contributed by atoms with Crippen LogP contribution >= 0.6 is 23.2 Å². The summed E-state index contributed by atoms with van der Waals surface area (Å²) in [6.45, 7) is 0.0885. The van der Waals surface area contributed by atoms with Gasteiger partial charge in [-0.25, -0.2) is 4.39 Å². The van der Waals surface area contributed by atoms with Crippen molar-refractivity contribution in [1.29, 1.82) is 0 Å². The first-order chi connectivity index (χ1) is 10.0. The van der Waals surface area contributed by atoms with E-state index in [-0.39, 0.29) is 28.1 Å². The normalized spacial score (nSPS) is 11.5. The van der Waals surface area contributed by atoms with Gasteiger partial charge in [0.05, 0.1) is 15.6 Å². The molecule has 2 rings (SSSR count). The van der Waals surface area contributed by atoms with Gasteiger partial charge in [0.15, 0.2) is 5.84 Å². The van der Waals surface area contributed by atoms with Crippen LogP contribution in [0, 0.1) is 5.82 Å². The molecule has 0 unspecified atom stereocenters. The first-order valence-electron chi connectivity index (χ1n) is 5.86. The lowest BCUT2D eigenvalue weighted by Crippen LogP contribution is -2.15. The van der Waals surface area contributed by atoms with E-state index in [1.165, 1.54) is 18.2 Å². The third kappa shape index (κ3) is 3.56. The van der Waals surface area contributed by atoms with Crippen LogP contribution in [-0.4, -0.2) is 11.0 Å². The SMILES string of the molecule is N/C(=N/O)c1c(Cl)cccc1OCc1ccc(F)cc1Cl.